The van der Waals surface area contributed by atoms with Crippen molar-refractivity contribution in [1.29, 1.82) is 0 Å². The van der Waals surface area contributed by atoms with Crippen molar-refractivity contribution >= 4 is 27.9 Å². The summed E-state index contributed by atoms with van der Waals surface area (Å²) in [6.07, 6.45) is 3.65. The van der Waals surface area contributed by atoms with Crippen LogP contribution in [0.15, 0.2) is 42.7 Å². The standard InChI is InChI=1S/C20H19N3OS/c1-12-5-8-18(25-12)23-17-9-14(15-10-21-13(2)22-11-15)6-7-16(17)20(3,4)19(23)24/h5-11H,1-4H3. The summed E-state index contributed by atoms with van der Waals surface area (Å²) in [6.45, 7) is 7.90. The fourth-order valence-corrected chi connectivity index (χ4v) is 4.11. The molecule has 0 saturated carbocycles. The van der Waals surface area contributed by atoms with Crippen LogP contribution >= 0.6 is 11.3 Å². The Labute approximate surface area is 151 Å². The minimum Gasteiger partial charge on any atom is -0.273 e. The molecule has 0 fully saturated rings. The Kier molecular flexibility index (Phi) is 3.51. The molecule has 2 aromatic heterocycles. The Morgan fingerprint density at radius 1 is 1.00 bits per heavy atom. The van der Waals surface area contributed by atoms with Crippen molar-refractivity contribution in [3.63, 3.8) is 0 Å². The van der Waals surface area contributed by atoms with Gasteiger partial charge in [0.05, 0.1) is 11.1 Å². The number of aromatic nitrogens is 2. The Balaban J connectivity index is 1.88. The summed E-state index contributed by atoms with van der Waals surface area (Å²) in [5.41, 5.74) is 3.45. The maximum absolute atomic E-state index is 13.1. The number of carbonyl (C=O) groups is 1. The van der Waals surface area contributed by atoms with Crippen molar-refractivity contribution in [3.05, 3.63) is 59.0 Å². The highest BCUT2D eigenvalue weighted by Gasteiger charge is 2.45. The van der Waals surface area contributed by atoms with E-state index in [0.717, 1.165) is 33.2 Å². The van der Waals surface area contributed by atoms with E-state index >= 15 is 0 Å². The molecule has 0 N–H and O–H groups in total. The van der Waals surface area contributed by atoms with Crippen molar-refractivity contribution in [1.82, 2.24) is 9.97 Å². The third-order valence-electron chi connectivity index (χ3n) is 4.71. The van der Waals surface area contributed by atoms with Gasteiger partial charge in [-0.1, -0.05) is 12.1 Å². The van der Waals surface area contributed by atoms with Gasteiger partial charge in [-0.05, 0) is 57.0 Å². The smallest absolute Gasteiger partial charge is 0.242 e. The zero-order chi connectivity index (χ0) is 17.8. The maximum atomic E-state index is 13.1. The van der Waals surface area contributed by atoms with Crippen LogP contribution in [-0.4, -0.2) is 15.9 Å². The van der Waals surface area contributed by atoms with E-state index in [1.807, 2.05) is 50.2 Å². The molecule has 3 heterocycles. The summed E-state index contributed by atoms with van der Waals surface area (Å²) in [7, 11) is 0. The molecule has 4 nitrogen and oxygen atoms in total. The van der Waals surface area contributed by atoms with E-state index < -0.39 is 5.41 Å². The van der Waals surface area contributed by atoms with Gasteiger partial charge in [-0.15, -0.1) is 11.3 Å². The number of benzene rings is 1. The number of thiophene rings is 1. The van der Waals surface area contributed by atoms with Gasteiger partial charge < -0.3 is 0 Å². The quantitative estimate of drug-likeness (QED) is 0.669. The van der Waals surface area contributed by atoms with Crippen LogP contribution in [0.2, 0.25) is 0 Å². The molecule has 0 unspecified atom stereocenters. The van der Waals surface area contributed by atoms with Crippen LogP contribution in [0, 0.1) is 13.8 Å². The van der Waals surface area contributed by atoms with Gasteiger partial charge in [-0.25, -0.2) is 9.97 Å². The van der Waals surface area contributed by atoms with Crippen LogP contribution in [0.1, 0.15) is 30.1 Å². The van der Waals surface area contributed by atoms with E-state index in [-0.39, 0.29) is 5.91 Å². The molecule has 126 valence electrons. The van der Waals surface area contributed by atoms with Gasteiger partial charge in [-0.2, -0.15) is 0 Å². The number of hydrogen-bond donors (Lipinski definition) is 0. The number of anilines is 2. The highest BCUT2D eigenvalue weighted by molar-refractivity contribution is 7.16. The van der Waals surface area contributed by atoms with E-state index in [1.165, 1.54) is 4.88 Å². The Morgan fingerprint density at radius 3 is 2.36 bits per heavy atom. The van der Waals surface area contributed by atoms with Crippen LogP contribution in [0.4, 0.5) is 10.7 Å². The lowest BCUT2D eigenvalue weighted by Crippen LogP contribution is -2.32. The number of nitrogens with zero attached hydrogens (tertiary/aromatic N) is 3. The van der Waals surface area contributed by atoms with E-state index in [4.69, 9.17) is 0 Å². The Morgan fingerprint density at radius 2 is 1.72 bits per heavy atom. The fourth-order valence-electron chi connectivity index (χ4n) is 3.23. The predicted octanol–water partition coefficient (Wildman–Crippen LogP) is 4.78. The monoisotopic (exact) mass is 349 g/mol. The summed E-state index contributed by atoms with van der Waals surface area (Å²) in [6, 6.07) is 10.2. The minimum atomic E-state index is -0.532. The van der Waals surface area contributed by atoms with Gasteiger partial charge in [0.15, 0.2) is 0 Å². The highest BCUT2D eigenvalue weighted by Crippen LogP contribution is 2.48. The molecular formula is C20H19N3OS. The Bertz CT molecular complexity index is 973. The first kappa shape index (κ1) is 16.0. The molecule has 0 bridgehead atoms. The molecule has 0 aliphatic carbocycles. The summed E-state index contributed by atoms with van der Waals surface area (Å²) in [4.78, 5) is 24.7. The van der Waals surface area contributed by atoms with Gasteiger partial charge in [0, 0.05) is 22.8 Å². The van der Waals surface area contributed by atoms with Crippen LogP contribution < -0.4 is 4.90 Å². The SMILES string of the molecule is Cc1ncc(-c2ccc3c(c2)N(c2ccc(C)s2)C(=O)C3(C)C)cn1. The molecule has 1 aromatic carbocycles. The second-order valence-electron chi connectivity index (χ2n) is 6.90. The molecule has 1 aliphatic rings. The van der Waals surface area contributed by atoms with Crippen LogP contribution in [-0.2, 0) is 10.2 Å². The van der Waals surface area contributed by atoms with Crippen molar-refractivity contribution in [2.45, 2.75) is 33.1 Å². The minimum absolute atomic E-state index is 0.113. The first-order valence-electron chi connectivity index (χ1n) is 8.22. The molecule has 1 amide bonds. The van der Waals surface area contributed by atoms with E-state index in [2.05, 4.69) is 35.1 Å². The Hall–Kier alpha value is -2.53. The van der Waals surface area contributed by atoms with Gasteiger partial charge in [0.1, 0.15) is 10.8 Å². The highest BCUT2D eigenvalue weighted by atomic mass is 32.1. The number of hydrogen-bond acceptors (Lipinski definition) is 4. The topological polar surface area (TPSA) is 46.1 Å². The van der Waals surface area contributed by atoms with Crippen molar-refractivity contribution in [3.8, 4) is 11.1 Å². The van der Waals surface area contributed by atoms with Crippen molar-refractivity contribution in [2.75, 3.05) is 4.90 Å². The molecule has 0 atom stereocenters. The van der Waals surface area contributed by atoms with Crippen molar-refractivity contribution < 1.29 is 4.79 Å². The zero-order valence-corrected chi connectivity index (χ0v) is 15.5. The molecule has 5 heteroatoms. The lowest BCUT2D eigenvalue weighted by Gasteiger charge is -2.18. The van der Waals surface area contributed by atoms with Gasteiger partial charge in [-0.3, -0.25) is 9.69 Å². The number of fused-ring (bicyclic) bond motifs is 1. The molecule has 0 saturated heterocycles. The average Bonchev–Trinajstić information content (AvgIpc) is 3.08. The largest absolute Gasteiger partial charge is 0.273 e. The number of aryl methyl sites for hydroxylation is 2. The molecule has 3 aromatic rings. The predicted molar refractivity (Wildman–Crippen MR) is 101 cm³/mol. The zero-order valence-electron chi connectivity index (χ0n) is 14.7. The van der Waals surface area contributed by atoms with E-state index in [0.29, 0.717) is 0 Å². The molecule has 0 spiro atoms. The average molecular weight is 349 g/mol. The van der Waals surface area contributed by atoms with E-state index in [1.54, 1.807) is 11.3 Å². The lowest BCUT2D eigenvalue weighted by molar-refractivity contribution is -0.121. The van der Waals surface area contributed by atoms with Crippen molar-refractivity contribution in [2.24, 2.45) is 0 Å². The van der Waals surface area contributed by atoms with Crippen LogP contribution in [0.25, 0.3) is 11.1 Å². The summed E-state index contributed by atoms with van der Waals surface area (Å²) < 4.78 is 0. The molecule has 25 heavy (non-hydrogen) atoms. The number of carbonyl (C=O) groups excluding carboxylic acids is 1. The van der Waals surface area contributed by atoms with Gasteiger partial charge in [0.2, 0.25) is 5.91 Å². The summed E-state index contributed by atoms with van der Waals surface area (Å²) in [5, 5.41) is 0.964. The van der Waals surface area contributed by atoms with Crippen LogP contribution in [0.5, 0.6) is 0 Å². The fraction of sp³-hybridized carbons (Fsp3) is 0.250. The normalized spacial score (nSPS) is 15.5. The molecular weight excluding hydrogens is 330 g/mol. The third kappa shape index (κ3) is 2.46. The number of amides is 1. The molecule has 4 rings (SSSR count). The van der Waals surface area contributed by atoms with Crippen LogP contribution in [0.3, 0.4) is 0 Å². The summed E-state index contributed by atoms with van der Waals surface area (Å²) in [5.74, 6) is 0.860. The summed E-state index contributed by atoms with van der Waals surface area (Å²) >= 11 is 1.64. The second kappa shape index (κ2) is 5.49. The van der Waals surface area contributed by atoms with Gasteiger partial charge in [0.25, 0.3) is 0 Å². The lowest BCUT2D eigenvalue weighted by atomic mass is 9.85. The van der Waals surface area contributed by atoms with Gasteiger partial charge >= 0.3 is 0 Å². The maximum Gasteiger partial charge on any atom is 0.242 e. The first-order chi connectivity index (χ1) is 11.9. The third-order valence-corrected chi connectivity index (χ3v) is 5.70. The first-order valence-corrected chi connectivity index (χ1v) is 9.04. The second-order valence-corrected chi connectivity index (χ2v) is 8.17. The molecule has 0 radical (unpaired) electrons. The number of rotatable bonds is 2. The molecule has 1 aliphatic heterocycles. The van der Waals surface area contributed by atoms with E-state index in [9.17, 15) is 4.79 Å².